The highest BCUT2D eigenvalue weighted by Gasteiger charge is 2.11. The van der Waals surface area contributed by atoms with Gasteiger partial charge in [0.2, 0.25) is 0 Å². The minimum absolute atomic E-state index is 0.161. The van der Waals surface area contributed by atoms with E-state index in [0.29, 0.717) is 5.92 Å². The molecule has 0 saturated carbocycles. The molecule has 1 nitrogen and oxygen atoms in total. The molecule has 0 radical (unpaired) electrons. The Morgan fingerprint density at radius 2 is 1.93 bits per heavy atom. The van der Waals surface area contributed by atoms with Crippen molar-refractivity contribution >= 4 is 11.8 Å². The minimum Gasteiger partial charge on any atom is -0.393 e. The first-order chi connectivity index (χ1) is 6.74. The number of hydrogen-bond donors (Lipinski definition) is 1. The lowest BCUT2D eigenvalue weighted by Crippen LogP contribution is -2.18. The lowest BCUT2D eigenvalue weighted by Gasteiger charge is -2.16. The summed E-state index contributed by atoms with van der Waals surface area (Å²) < 4.78 is 0. The van der Waals surface area contributed by atoms with Crippen LogP contribution in [0.2, 0.25) is 0 Å². The third-order valence-corrected chi connectivity index (χ3v) is 3.63. The highest BCUT2D eigenvalue weighted by molar-refractivity contribution is 7.99. The van der Waals surface area contributed by atoms with Gasteiger partial charge >= 0.3 is 0 Å². The Balaban J connectivity index is 2.34. The maximum absolute atomic E-state index is 9.59. The van der Waals surface area contributed by atoms with Crippen molar-refractivity contribution in [1.82, 2.24) is 0 Å². The molecule has 1 rings (SSSR count). The van der Waals surface area contributed by atoms with Crippen molar-refractivity contribution in [2.24, 2.45) is 5.92 Å². The van der Waals surface area contributed by atoms with E-state index in [9.17, 15) is 5.11 Å². The van der Waals surface area contributed by atoms with Gasteiger partial charge in [-0.15, -0.1) is 11.8 Å². The van der Waals surface area contributed by atoms with Crippen LogP contribution in [0.1, 0.15) is 20.3 Å². The topological polar surface area (TPSA) is 20.2 Å². The first-order valence-corrected chi connectivity index (χ1v) is 6.08. The summed E-state index contributed by atoms with van der Waals surface area (Å²) in [6.07, 6.45) is 0.683. The number of rotatable bonds is 5. The highest BCUT2D eigenvalue weighted by atomic mass is 32.2. The average molecular weight is 210 g/mol. The SMILES string of the molecule is CCC(O)C(C)CSc1ccccc1. The second-order valence-electron chi connectivity index (χ2n) is 3.58. The second kappa shape index (κ2) is 6.10. The van der Waals surface area contributed by atoms with E-state index >= 15 is 0 Å². The van der Waals surface area contributed by atoms with Crippen molar-refractivity contribution in [3.05, 3.63) is 30.3 Å². The fourth-order valence-corrected chi connectivity index (χ4v) is 2.28. The van der Waals surface area contributed by atoms with Gasteiger partial charge in [-0.05, 0) is 24.5 Å². The Morgan fingerprint density at radius 3 is 2.50 bits per heavy atom. The lowest BCUT2D eigenvalue weighted by molar-refractivity contribution is 0.123. The van der Waals surface area contributed by atoms with Crippen molar-refractivity contribution in [3.63, 3.8) is 0 Å². The second-order valence-corrected chi connectivity index (χ2v) is 4.67. The molecule has 1 N–H and O–H groups in total. The Labute approximate surface area is 90.5 Å². The van der Waals surface area contributed by atoms with E-state index in [-0.39, 0.29) is 6.10 Å². The number of aliphatic hydroxyl groups is 1. The zero-order valence-corrected chi connectivity index (χ0v) is 9.63. The average Bonchev–Trinajstić information content (AvgIpc) is 2.26. The van der Waals surface area contributed by atoms with Crippen LogP contribution >= 0.6 is 11.8 Å². The standard InChI is InChI=1S/C12H18OS/c1-3-12(13)10(2)9-14-11-7-5-4-6-8-11/h4-8,10,12-13H,3,9H2,1-2H3. The number of hydrogen-bond acceptors (Lipinski definition) is 2. The predicted octanol–water partition coefficient (Wildman–Crippen LogP) is 3.19. The molecule has 2 unspecified atom stereocenters. The van der Waals surface area contributed by atoms with E-state index in [2.05, 4.69) is 19.1 Å². The summed E-state index contributed by atoms with van der Waals surface area (Å²) in [5.74, 6) is 1.35. The quantitative estimate of drug-likeness (QED) is 0.753. The van der Waals surface area contributed by atoms with Crippen LogP contribution in [-0.4, -0.2) is 17.0 Å². The zero-order chi connectivity index (χ0) is 10.4. The summed E-state index contributed by atoms with van der Waals surface area (Å²) in [6.45, 7) is 4.12. The molecular weight excluding hydrogens is 192 g/mol. The Hall–Kier alpha value is -0.470. The first-order valence-electron chi connectivity index (χ1n) is 5.10. The van der Waals surface area contributed by atoms with Gasteiger partial charge in [0.15, 0.2) is 0 Å². The van der Waals surface area contributed by atoms with Crippen LogP contribution in [0.5, 0.6) is 0 Å². The van der Waals surface area contributed by atoms with E-state index < -0.39 is 0 Å². The molecule has 0 amide bonds. The van der Waals surface area contributed by atoms with Gasteiger partial charge in [-0.3, -0.25) is 0 Å². The van der Waals surface area contributed by atoms with Gasteiger partial charge in [0, 0.05) is 10.6 Å². The molecule has 0 aliphatic heterocycles. The van der Waals surface area contributed by atoms with E-state index in [1.807, 2.05) is 36.9 Å². The van der Waals surface area contributed by atoms with Gasteiger partial charge in [-0.25, -0.2) is 0 Å². The van der Waals surface area contributed by atoms with Gasteiger partial charge < -0.3 is 5.11 Å². The van der Waals surface area contributed by atoms with Gasteiger partial charge in [-0.1, -0.05) is 32.0 Å². The summed E-state index contributed by atoms with van der Waals surface area (Å²) in [7, 11) is 0. The van der Waals surface area contributed by atoms with Crippen LogP contribution in [0, 0.1) is 5.92 Å². The molecule has 14 heavy (non-hydrogen) atoms. The smallest absolute Gasteiger partial charge is 0.0571 e. The molecule has 0 spiro atoms. The predicted molar refractivity (Wildman–Crippen MR) is 62.6 cm³/mol. The summed E-state index contributed by atoms with van der Waals surface area (Å²) >= 11 is 1.81. The van der Waals surface area contributed by atoms with Gasteiger partial charge in [0.25, 0.3) is 0 Å². The molecule has 0 fully saturated rings. The summed E-state index contributed by atoms with van der Waals surface area (Å²) in [6, 6.07) is 10.3. The fraction of sp³-hybridized carbons (Fsp3) is 0.500. The third kappa shape index (κ3) is 3.72. The maximum Gasteiger partial charge on any atom is 0.0571 e. The molecule has 0 bridgehead atoms. The monoisotopic (exact) mass is 210 g/mol. The summed E-state index contributed by atoms with van der Waals surface area (Å²) in [5.41, 5.74) is 0. The van der Waals surface area contributed by atoms with Crippen molar-refractivity contribution in [1.29, 1.82) is 0 Å². The fourth-order valence-electron chi connectivity index (χ4n) is 1.26. The van der Waals surface area contributed by atoms with Gasteiger partial charge in [0.05, 0.1) is 6.10 Å². The molecule has 0 heterocycles. The van der Waals surface area contributed by atoms with Crippen molar-refractivity contribution in [2.75, 3.05) is 5.75 Å². The van der Waals surface area contributed by atoms with E-state index in [1.54, 1.807) is 0 Å². The van der Waals surface area contributed by atoms with Crippen LogP contribution in [0.25, 0.3) is 0 Å². The number of benzene rings is 1. The van der Waals surface area contributed by atoms with E-state index in [0.717, 1.165) is 12.2 Å². The minimum atomic E-state index is -0.161. The Kier molecular flexibility index (Phi) is 5.05. The van der Waals surface area contributed by atoms with Gasteiger partial charge in [0.1, 0.15) is 0 Å². The first kappa shape index (κ1) is 11.6. The molecule has 0 aliphatic carbocycles. The van der Waals surface area contributed by atoms with E-state index in [1.165, 1.54) is 4.90 Å². The molecule has 1 aromatic rings. The van der Waals surface area contributed by atoms with Gasteiger partial charge in [-0.2, -0.15) is 0 Å². The summed E-state index contributed by atoms with van der Waals surface area (Å²) in [4.78, 5) is 1.28. The van der Waals surface area contributed by atoms with E-state index in [4.69, 9.17) is 0 Å². The van der Waals surface area contributed by atoms with Crippen molar-refractivity contribution in [3.8, 4) is 0 Å². The Bertz CT molecular complexity index is 248. The number of thioether (sulfide) groups is 1. The molecule has 1 aromatic carbocycles. The van der Waals surface area contributed by atoms with Crippen LogP contribution in [-0.2, 0) is 0 Å². The van der Waals surface area contributed by atoms with Crippen LogP contribution in [0.4, 0.5) is 0 Å². The van der Waals surface area contributed by atoms with Crippen LogP contribution in [0.15, 0.2) is 35.2 Å². The normalized spacial score (nSPS) is 15.1. The van der Waals surface area contributed by atoms with Crippen LogP contribution in [0.3, 0.4) is 0 Å². The lowest BCUT2D eigenvalue weighted by atomic mass is 10.1. The number of aliphatic hydroxyl groups excluding tert-OH is 1. The molecule has 0 saturated heterocycles. The molecule has 0 aliphatic rings. The Morgan fingerprint density at radius 1 is 1.29 bits per heavy atom. The van der Waals surface area contributed by atoms with Crippen molar-refractivity contribution in [2.45, 2.75) is 31.3 Å². The maximum atomic E-state index is 9.59. The highest BCUT2D eigenvalue weighted by Crippen LogP contribution is 2.22. The molecule has 2 heteroatoms. The van der Waals surface area contributed by atoms with Crippen LogP contribution < -0.4 is 0 Å². The zero-order valence-electron chi connectivity index (χ0n) is 8.81. The largest absolute Gasteiger partial charge is 0.393 e. The molecule has 0 aromatic heterocycles. The molecule has 2 atom stereocenters. The molecule has 78 valence electrons. The third-order valence-electron chi connectivity index (χ3n) is 2.33. The van der Waals surface area contributed by atoms with Crippen molar-refractivity contribution < 1.29 is 5.11 Å². The molecular formula is C12H18OS. The summed E-state index contributed by atoms with van der Waals surface area (Å²) in [5, 5.41) is 9.59.